The van der Waals surface area contributed by atoms with E-state index in [0.29, 0.717) is 11.9 Å². The Hall–Kier alpha value is -3.21. The second kappa shape index (κ2) is 6.36. The Morgan fingerprint density at radius 3 is 2.40 bits per heavy atom. The van der Waals surface area contributed by atoms with Gasteiger partial charge in [0.15, 0.2) is 5.65 Å². The van der Waals surface area contributed by atoms with E-state index in [2.05, 4.69) is 58.4 Å². The van der Waals surface area contributed by atoms with Crippen LogP contribution in [0.4, 0.5) is 11.6 Å². The van der Waals surface area contributed by atoms with E-state index in [9.17, 15) is 0 Å². The zero-order chi connectivity index (χ0) is 17.2. The van der Waals surface area contributed by atoms with Crippen molar-refractivity contribution < 1.29 is 0 Å². The third-order valence-corrected chi connectivity index (χ3v) is 4.16. The lowest BCUT2D eigenvalue weighted by Crippen LogP contribution is -2.00. The van der Waals surface area contributed by atoms with Gasteiger partial charge in [0, 0.05) is 11.4 Å². The van der Waals surface area contributed by atoms with E-state index in [0.717, 1.165) is 22.5 Å². The molecular formula is C20H19N5. The molecule has 4 aromatic rings. The van der Waals surface area contributed by atoms with Crippen molar-refractivity contribution in [3.8, 4) is 5.69 Å². The summed E-state index contributed by atoms with van der Waals surface area (Å²) in [5.74, 6) is 1.07. The molecule has 2 heterocycles. The van der Waals surface area contributed by atoms with Gasteiger partial charge in [0.25, 0.3) is 0 Å². The Labute approximate surface area is 146 Å². The average Bonchev–Trinajstić information content (AvgIpc) is 3.06. The number of aromatic nitrogens is 4. The maximum Gasteiger partial charge on any atom is 0.229 e. The standard InChI is InChI=1S/C20H19N5/c1-14(2)15-8-10-16(11-9-15)23-20-21-12-18-19(24-20)25(13-22-18)17-6-4-3-5-7-17/h3-14H,1-2H3,(H,21,23,24). The summed E-state index contributed by atoms with van der Waals surface area (Å²) in [5, 5.41) is 3.27. The van der Waals surface area contributed by atoms with Crippen molar-refractivity contribution in [3.63, 3.8) is 0 Å². The van der Waals surface area contributed by atoms with E-state index < -0.39 is 0 Å². The molecule has 0 spiro atoms. The van der Waals surface area contributed by atoms with Crippen LogP contribution in [0.5, 0.6) is 0 Å². The number of nitrogens with one attached hydrogen (secondary N) is 1. The fourth-order valence-corrected chi connectivity index (χ4v) is 2.73. The van der Waals surface area contributed by atoms with Crippen LogP contribution in [0.15, 0.2) is 67.1 Å². The Bertz CT molecular complexity index is 988. The lowest BCUT2D eigenvalue weighted by Gasteiger charge is -2.09. The number of hydrogen-bond acceptors (Lipinski definition) is 4. The predicted molar refractivity (Wildman–Crippen MR) is 100 cm³/mol. The molecule has 0 bridgehead atoms. The Balaban J connectivity index is 1.67. The first kappa shape index (κ1) is 15.3. The van der Waals surface area contributed by atoms with Crippen LogP contribution >= 0.6 is 0 Å². The third kappa shape index (κ3) is 3.08. The molecule has 0 radical (unpaired) electrons. The summed E-state index contributed by atoms with van der Waals surface area (Å²) in [4.78, 5) is 13.4. The summed E-state index contributed by atoms with van der Waals surface area (Å²) in [5.41, 5.74) is 4.85. The molecule has 2 aromatic carbocycles. The Morgan fingerprint density at radius 2 is 1.68 bits per heavy atom. The molecule has 0 saturated heterocycles. The predicted octanol–water partition coefficient (Wildman–Crippen LogP) is 4.68. The molecule has 0 amide bonds. The normalized spacial score (nSPS) is 11.2. The molecule has 0 aliphatic rings. The number of nitrogens with zero attached hydrogens (tertiary/aromatic N) is 4. The fourth-order valence-electron chi connectivity index (χ4n) is 2.73. The molecule has 0 fully saturated rings. The SMILES string of the molecule is CC(C)c1ccc(Nc2ncc3ncn(-c4ccccc4)c3n2)cc1. The molecule has 0 saturated carbocycles. The molecule has 2 aromatic heterocycles. The number of para-hydroxylation sites is 1. The highest BCUT2D eigenvalue weighted by molar-refractivity contribution is 5.74. The van der Waals surface area contributed by atoms with E-state index in [-0.39, 0.29) is 0 Å². The summed E-state index contributed by atoms with van der Waals surface area (Å²) in [6.45, 7) is 4.37. The van der Waals surface area contributed by atoms with Gasteiger partial charge in [0.05, 0.1) is 6.20 Å². The first-order valence-electron chi connectivity index (χ1n) is 8.33. The topological polar surface area (TPSA) is 55.6 Å². The highest BCUT2D eigenvalue weighted by Crippen LogP contribution is 2.21. The maximum absolute atomic E-state index is 4.64. The number of rotatable bonds is 4. The van der Waals surface area contributed by atoms with Gasteiger partial charge in [0.2, 0.25) is 5.95 Å². The number of imidazole rings is 1. The van der Waals surface area contributed by atoms with Crippen molar-refractivity contribution in [2.45, 2.75) is 19.8 Å². The first-order chi connectivity index (χ1) is 12.2. The molecule has 4 rings (SSSR count). The zero-order valence-corrected chi connectivity index (χ0v) is 14.2. The van der Waals surface area contributed by atoms with Crippen LogP contribution < -0.4 is 5.32 Å². The smallest absolute Gasteiger partial charge is 0.229 e. The van der Waals surface area contributed by atoms with Crippen LogP contribution in [0.3, 0.4) is 0 Å². The van der Waals surface area contributed by atoms with Gasteiger partial charge in [-0.1, -0.05) is 44.2 Å². The van der Waals surface area contributed by atoms with Crippen molar-refractivity contribution in [2.24, 2.45) is 0 Å². The average molecular weight is 329 g/mol. The molecule has 5 nitrogen and oxygen atoms in total. The molecule has 0 atom stereocenters. The van der Waals surface area contributed by atoms with Gasteiger partial charge in [-0.3, -0.25) is 4.57 Å². The lowest BCUT2D eigenvalue weighted by molar-refractivity contribution is 0.867. The largest absolute Gasteiger partial charge is 0.324 e. The van der Waals surface area contributed by atoms with Gasteiger partial charge >= 0.3 is 0 Å². The molecule has 124 valence electrons. The molecule has 0 unspecified atom stereocenters. The van der Waals surface area contributed by atoms with E-state index in [1.54, 1.807) is 12.5 Å². The van der Waals surface area contributed by atoms with E-state index >= 15 is 0 Å². The summed E-state index contributed by atoms with van der Waals surface area (Å²) in [6, 6.07) is 18.4. The zero-order valence-electron chi connectivity index (χ0n) is 14.2. The fraction of sp³-hybridized carbons (Fsp3) is 0.150. The van der Waals surface area contributed by atoms with E-state index in [1.807, 2.05) is 34.9 Å². The second-order valence-corrected chi connectivity index (χ2v) is 6.25. The minimum Gasteiger partial charge on any atom is -0.324 e. The van der Waals surface area contributed by atoms with Crippen molar-refractivity contribution >= 4 is 22.8 Å². The molecule has 0 aliphatic carbocycles. The summed E-state index contributed by atoms with van der Waals surface area (Å²) < 4.78 is 1.96. The van der Waals surface area contributed by atoms with Crippen molar-refractivity contribution in [1.82, 2.24) is 19.5 Å². The Morgan fingerprint density at radius 1 is 0.920 bits per heavy atom. The van der Waals surface area contributed by atoms with Crippen LogP contribution in [-0.4, -0.2) is 19.5 Å². The molecule has 0 aliphatic heterocycles. The van der Waals surface area contributed by atoms with Gasteiger partial charge in [-0.25, -0.2) is 9.97 Å². The molecule has 1 N–H and O–H groups in total. The second-order valence-electron chi connectivity index (χ2n) is 6.25. The summed E-state index contributed by atoms with van der Waals surface area (Å²) in [6.07, 6.45) is 3.52. The lowest BCUT2D eigenvalue weighted by atomic mass is 10.0. The van der Waals surface area contributed by atoms with Gasteiger partial charge in [0.1, 0.15) is 11.8 Å². The van der Waals surface area contributed by atoms with Crippen molar-refractivity contribution in [1.29, 1.82) is 0 Å². The monoisotopic (exact) mass is 329 g/mol. The molecule has 5 heteroatoms. The minimum atomic E-state index is 0.516. The van der Waals surface area contributed by atoms with Crippen LogP contribution in [0, 0.1) is 0 Å². The highest BCUT2D eigenvalue weighted by atomic mass is 15.2. The van der Waals surface area contributed by atoms with Gasteiger partial charge in [-0.15, -0.1) is 0 Å². The van der Waals surface area contributed by atoms with Gasteiger partial charge in [-0.05, 0) is 35.7 Å². The summed E-state index contributed by atoms with van der Waals surface area (Å²) >= 11 is 0. The van der Waals surface area contributed by atoms with Crippen LogP contribution in [0.1, 0.15) is 25.3 Å². The number of anilines is 2. The molecule has 25 heavy (non-hydrogen) atoms. The van der Waals surface area contributed by atoms with Crippen LogP contribution in [0.2, 0.25) is 0 Å². The number of fused-ring (bicyclic) bond motifs is 1. The minimum absolute atomic E-state index is 0.516. The van der Waals surface area contributed by atoms with Crippen molar-refractivity contribution in [3.05, 3.63) is 72.7 Å². The molecular weight excluding hydrogens is 310 g/mol. The van der Waals surface area contributed by atoms with Gasteiger partial charge < -0.3 is 5.32 Å². The highest BCUT2D eigenvalue weighted by Gasteiger charge is 2.08. The Kier molecular flexibility index (Phi) is 3.90. The van der Waals surface area contributed by atoms with Crippen LogP contribution in [0.25, 0.3) is 16.9 Å². The first-order valence-corrected chi connectivity index (χ1v) is 8.33. The van der Waals surface area contributed by atoms with E-state index in [4.69, 9.17) is 0 Å². The van der Waals surface area contributed by atoms with Gasteiger partial charge in [-0.2, -0.15) is 4.98 Å². The quantitative estimate of drug-likeness (QED) is 0.590. The van der Waals surface area contributed by atoms with E-state index in [1.165, 1.54) is 5.56 Å². The van der Waals surface area contributed by atoms with Crippen molar-refractivity contribution in [2.75, 3.05) is 5.32 Å². The number of hydrogen-bond donors (Lipinski definition) is 1. The summed E-state index contributed by atoms with van der Waals surface area (Å²) in [7, 11) is 0. The number of benzene rings is 2. The maximum atomic E-state index is 4.64. The van der Waals surface area contributed by atoms with Crippen LogP contribution in [-0.2, 0) is 0 Å². The third-order valence-electron chi connectivity index (χ3n) is 4.16.